The predicted molar refractivity (Wildman–Crippen MR) is 147 cm³/mol. The zero-order valence-electron chi connectivity index (χ0n) is 19.6. The van der Waals surface area contributed by atoms with E-state index in [2.05, 4.69) is 52.3 Å². The maximum absolute atomic E-state index is 6.62. The number of piperazine rings is 1. The van der Waals surface area contributed by atoms with Crippen LogP contribution in [0.25, 0.3) is 0 Å². The fourth-order valence-electron chi connectivity index (χ4n) is 4.96. The molecule has 0 N–H and O–H groups in total. The largest absolute Gasteiger partial charge is 0.466 e. The zero-order chi connectivity index (χ0) is 24.2. The van der Waals surface area contributed by atoms with E-state index < -0.39 is 0 Å². The van der Waals surface area contributed by atoms with Gasteiger partial charge in [0.2, 0.25) is 0 Å². The molecule has 0 aromatic heterocycles. The number of hydrogen-bond donors (Lipinski definition) is 0. The van der Waals surface area contributed by atoms with Crippen molar-refractivity contribution in [1.29, 1.82) is 0 Å². The molecule has 3 nitrogen and oxygen atoms in total. The first-order valence-electron chi connectivity index (χ1n) is 12.2. The summed E-state index contributed by atoms with van der Waals surface area (Å²) < 4.78 is 6.11. The minimum absolute atomic E-state index is 0.171. The molecule has 182 valence electrons. The van der Waals surface area contributed by atoms with Crippen LogP contribution in [0.3, 0.4) is 0 Å². The molecule has 1 heterocycles. The standard InChI is InChI=1S/C29H29Cl3N2O/c30-23-10-8-22(9-11-23)29-20-33(16-17-34(29)28-15-12-24(31)18-27(28)32)19-21-6-13-26(14-7-21)35-25-4-2-1-3-5-25/h1-2,4,6,8-13,15,18,29H,3,5,7,14,16-17,19-20H2. The van der Waals surface area contributed by atoms with E-state index in [4.69, 9.17) is 39.5 Å². The van der Waals surface area contributed by atoms with Crippen LogP contribution < -0.4 is 4.90 Å². The van der Waals surface area contributed by atoms with Gasteiger partial charge in [-0.25, -0.2) is 0 Å². The minimum Gasteiger partial charge on any atom is -0.466 e. The van der Waals surface area contributed by atoms with Crippen LogP contribution in [0.1, 0.15) is 37.3 Å². The summed E-state index contributed by atoms with van der Waals surface area (Å²) in [6, 6.07) is 14.1. The third-order valence-electron chi connectivity index (χ3n) is 6.80. The highest BCUT2D eigenvalue weighted by Crippen LogP contribution is 2.37. The van der Waals surface area contributed by atoms with Crippen molar-refractivity contribution in [3.05, 3.63) is 111 Å². The van der Waals surface area contributed by atoms with Crippen molar-refractivity contribution in [3.63, 3.8) is 0 Å². The summed E-state index contributed by atoms with van der Waals surface area (Å²) >= 11 is 19.0. The number of anilines is 1. The lowest BCUT2D eigenvalue weighted by atomic mass is 9.99. The Hall–Kier alpha value is -2.17. The maximum atomic E-state index is 6.62. The highest BCUT2D eigenvalue weighted by Gasteiger charge is 2.30. The van der Waals surface area contributed by atoms with Crippen molar-refractivity contribution in [2.45, 2.75) is 31.7 Å². The van der Waals surface area contributed by atoms with Crippen LogP contribution in [0.2, 0.25) is 15.1 Å². The number of halogens is 3. The second-order valence-electron chi connectivity index (χ2n) is 9.25. The normalized spacial score (nSPS) is 20.8. The van der Waals surface area contributed by atoms with Crippen molar-refractivity contribution in [1.82, 2.24) is 4.90 Å². The first-order valence-corrected chi connectivity index (χ1v) is 13.3. The fourth-order valence-corrected chi connectivity index (χ4v) is 5.60. The Labute approximate surface area is 222 Å². The van der Waals surface area contributed by atoms with Gasteiger partial charge in [0.05, 0.1) is 16.8 Å². The van der Waals surface area contributed by atoms with Crippen LogP contribution in [0, 0.1) is 0 Å². The Kier molecular flexibility index (Phi) is 7.89. The van der Waals surface area contributed by atoms with Crippen LogP contribution in [-0.2, 0) is 4.74 Å². The number of rotatable bonds is 6. The van der Waals surface area contributed by atoms with Gasteiger partial charge in [-0.05, 0) is 60.9 Å². The van der Waals surface area contributed by atoms with Gasteiger partial charge in [0.15, 0.2) is 0 Å². The third kappa shape index (κ3) is 6.16. The Balaban J connectivity index is 1.30. The fraction of sp³-hybridized carbons (Fsp3) is 0.310. The van der Waals surface area contributed by atoms with E-state index in [0.29, 0.717) is 10.0 Å². The van der Waals surface area contributed by atoms with Gasteiger partial charge in [-0.1, -0.05) is 70.7 Å². The molecule has 2 aromatic carbocycles. The van der Waals surface area contributed by atoms with Crippen molar-refractivity contribution >= 4 is 40.5 Å². The van der Waals surface area contributed by atoms with Crippen LogP contribution in [0.5, 0.6) is 0 Å². The lowest BCUT2D eigenvalue weighted by Gasteiger charge is -2.44. The van der Waals surface area contributed by atoms with Gasteiger partial charge < -0.3 is 9.64 Å². The Morgan fingerprint density at radius 2 is 1.63 bits per heavy atom. The van der Waals surface area contributed by atoms with Crippen molar-refractivity contribution in [3.8, 4) is 0 Å². The monoisotopic (exact) mass is 526 g/mol. The van der Waals surface area contributed by atoms with E-state index >= 15 is 0 Å². The molecule has 1 saturated heterocycles. The van der Waals surface area contributed by atoms with Gasteiger partial charge in [-0.2, -0.15) is 0 Å². The smallest absolute Gasteiger partial charge is 0.104 e. The summed E-state index contributed by atoms with van der Waals surface area (Å²) in [6.07, 6.45) is 14.8. The van der Waals surface area contributed by atoms with E-state index in [1.807, 2.05) is 30.3 Å². The molecular weight excluding hydrogens is 499 g/mol. The Morgan fingerprint density at radius 3 is 2.34 bits per heavy atom. The SMILES string of the molecule is Clc1ccc(C2CN(CC3=CC=C(OC4=CC=CCC4)CC3)CCN2c2ccc(Cl)cc2Cl)cc1. The molecule has 1 aliphatic heterocycles. The first kappa shape index (κ1) is 24.5. The van der Waals surface area contributed by atoms with Crippen LogP contribution >= 0.6 is 34.8 Å². The summed E-state index contributed by atoms with van der Waals surface area (Å²) in [5, 5.41) is 2.08. The highest BCUT2D eigenvalue weighted by atomic mass is 35.5. The molecule has 0 spiro atoms. The second kappa shape index (κ2) is 11.3. The van der Waals surface area contributed by atoms with E-state index in [1.165, 1.54) is 11.1 Å². The molecule has 1 unspecified atom stereocenters. The Bertz CT molecular complexity index is 1180. The van der Waals surface area contributed by atoms with Gasteiger partial charge in [-0.3, -0.25) is 4.90 Å². The molecule has 5 rings (SSSR count). The van der Waals surface area contributed by atoms with Crippen molar-refractivity contribution in [2.24, 2.45) is 0 Å². The molecule has 0 radical (unpaired) electrons. The summed E-state index contributed by atoms with van der Waals surface area (Å²) in [5.74, 6) is 2.13. The van der Waals surface area contributed by atoms with Gasteiger partial charge in [0, 0.05) is 49.1 Å². The lowest BCUT2D eigenvalue weighted by molar-refractivity contribution is 0.235. The molecule has 0 saturated carbocycles. The summed E-state index contributed by atoms with van der Waals surface area (Å²) in [6.45, 7) is 3.71. The topological polar surface area (TPSA) is 15.7 Å². The molecule has 1 fully saturated rings. The van der Waals surface area contributed by atoms with E-state index in [1.54, 1.807) is 0 Å². The summed E-state index contributed by atoms with van der Waals surface area (Å²) in [5.41, 5.74) is 3.69. The highest BCUT2D eigenvalue weighted by molar-refractivity contribution is 6.36. The molecule has 35 heavy (non-hydrogen) atoms. The summed E-state index contributed by atoms with van der Waals surface area (Å²) in [4.78, 5) is 4.94. The number of ether oxygens (including phenoxy) is 1. The Morgan fingerprint density at radius 1 is 0.829 bits per heavy atom. The second-order valence-corrected chi connectivity index (χ2v) is 10.5. The quantitative estimate of drug-likeness (QED) is 0.375. The molecule has 0 amide bonds. The van der Waals surface area contributed by atoms with Crippen LogP contribution in [0.15, 0.2) is 89.9 Å². The molecule has 3 aliphatic rings. The van der Waals surface area contributed by atoms with E-state index in [9.17, 15) is 0 Å². The molecular formula is C29H29Cl3N2O. The number of hydrogen-bond acceptors (Lipinski definition) is 3. The zero-order valence-corrected chi connectivity index (χ0v) is 21.9. The van der Waals surface area contributed by atoms with Gasteiger partial charge in [0.25, 0.3) is 0 Å². The van der Waals surface area contributed by atoms with E-state index in [0.717, 1.165) is 74.1 Å². The first-order chi connectivity index (χ1) is 17.0. The van der Waals surface area contributed by atoms with Gasteiger partial charge in [0.1, 0.15) is 11.5 Å². The van der Waals surface area contributed by atoms with Crippen LogP contribution in [-0.4, -0.2) is 31.1 Å². The molecule has 2 aromatic rings. The average molecular weight is 528 g/mol. The number of benzene rings is 2. The number of nitrogens with zero attached hydrogens (tertiary/aromatic N) is 2. The average Bonchev–Trinajstić information content (AvgIpc) is 2.87. The van der Waals surface area contributed by atoms with Gasteiger partial charge in [-0.15, -0.1) is 0 Å². The van der Waals surface area contributed by atoms with Crippen molar-refractivity contribution in [2.75, 3.05) is 31.1 Å². The van der Waals surface area contributed by atoms with Gasteiger partial charge >= 0.3 is 0 Å². The molecule has 1 atom stereocenters. The third-order valence-corrected chi connectivity index (χ3v) is 7.59. The van der Waals surface area contributed by atoms with Crippen molar-refractivity contribution < 1.29 is 4.74 Å². The minimum atomic E-state index is 0.171. The predicted octanol–water partition coefficient (Wildman–Crippen LogP) is 8.36. The van der Waals surface area contributed by atoms with E-state index in [-0.39, 0.29) is 6.04 Å². The lowest BCUT2D eigenvalue weighted by Crippen LogP contribution is -2.49. The molecule has 2 aliphatic carbocycles. The number of allylic oxidation sites excluding steroid dienone is 7. The maximum Gasteiger partial charge on any atom is 0.104 e. The summed E-state index contributed by atoms with van der Waals surface area (Å²) in [7, 11) is 0. The molecule has 0 bridgehead atoms. The van der Waals surface area contributed by atoms with Crippen LogP contribution in [0.4, 0.5) is 5.69 Å². The molecule has 6 heteroatoms.